The van der Waals surface area contributed by atoms with E-state index in [0.717, 1.165) is 12.4 Å². The van der Waals surface area contributed by atoms with E-state index >= 15 is 0 Å². The Balaban J connectivity index is 2.60. The quantitative estimate of drug-likeness (QED) is 0.386. The highest BCUT2D eigenvalue weighted by Crippen LogP contribution is 2.17. The molecule has 0 bridgehead atoms. The van der Waals surface area contributed by atoms with Gasteiger partial charge in [0.2, 0.25) is 0 Å². The summed E-state index contributed by atoms with van der Waals surface area (Å²) >= 11 is 0. The molecule has 1 aromatic rings. The zero-order valence-corrected chi connectivity index (χ0v) is 7.38. The summed E-state index contributed by atoms with van der Waals surface area (Å²) in [5.41, 5.74) is 1.89. The number of halogens is 3. The van der Waals surface area contributed by atoms with Gasteiger partial charge in [-0.15, -0.1) is 0 Å². The van der Waals surface area contributed by atoms with Crippen molar-refractivity contribution in [2.45, 2.75) is 12.7 Å². The van der Waals surface area contributed by atoms with Crippen LogP contribution >= 0.6 is 0 Å². The third kappa shape index (κ3) is 3.85. The van der Waals surface area contributed by atoms with Crippen LogP contribution in [0.4, 0.5) is 23.7 Å². The van der Waals surface area contributed by atoms with Gasteiger partial charge in [0.1, 0.15) is 6.54 Å². The molecule has 0 radical (unpaired) electrons. The number of aromatic nitrogens is 2. The lowest BCUT2D eigenvalue weighted by Crippen LogP contribution is -2.34. The van der Waals surface area contributed by atoms with Crippen molar-refractivity contribution in [2.75, 3.05) is 5.32 Å². The fraction of sp³-hybridized carbons (Fsp3) is 0.333. The molecule has 4 N–H and O–H groups in total. The van der Waals surface area contributed by atoms with Crippen LogP contribution in [0.2, 0.25) is 0 Å². The van der Waals surface area contributed by atoms with Crippen molar-refractivity contribution in [1.82, 2.24) is 15.2 Å². The first-order valence-corrected chi connectivity index (χ1v) is 3.77. The lowest BCUT2D eigenvalue weighted by molar-refractivity contribution is -0.142. The molecule has 6 nitrogen and oxygen atoms in total. The lowest BCUT2D eigenvalue weighted by Gasteiger charge is -2.05. The number of rotatable bonds is 2. The second kappa shape index (κ2) is 4.17. The number of hydrogen-bond donors (Lipinski definition) is 3. The Morgan fingerprint density at radius 1 is 1.60 bits per heavy atom. The number of hydrazine groups is 1. The monoisotopic (exact) mass is 223 g/mol. The number of carbonyl (C=O) groups is 1. The molecule has 0 aliphatic rings. The van der Waals surface area contributed by atoms with E-state index in [1.54, 1.807) is 5.43 Å². The predicted octanol–water partition coefficient (Wildman–Crippen LogP) is 0.441. The maximum Gasteiger partial charge on any atom is 0.408 e. The molecule has 0 unspecified atom stereocenters. The Bertz CT molecular complexity index is 347. The van der Waals surface area contributed by atoms with E-state index in [1.807, 2.05) is 0 Å². The molecular formula is C6H8F3N5O. The van der Waals surface area contributed by atoms with Crippen molar-refractivity contribution < 1.29 is 18.0 Å². The number of urea groups is 1. The summed E-state index contributed by atoms with van der Waals surface area (Å²) in [7, 11) is 0. The third-order valence-electron chi connectivity index (χ3n) is 1.36. The summed E-state index contributed by atoms with van der Waals surface area (Å²) in [6.45, 7) is -1.21. The summed E-state index contributed by atoms with van der Waals surface area (Å²) in [5.74, 6) is 4.76. The molecule has 1 aromatic heterocycles. The molecule has 2 amide bonds. The minimum atomic E-state index is -4.35. The van der Waals surface area contributed by atoms with Gasteiger partial charge in [-0.3, -0.25) is 10.1 Å². The van der Waals surface area contributed by atoms with Crippen LogP contribution in [0.3, 0.4) is 0 Å². The molecule has 0 aromatic carbocycles. The maximum absolute atomic E-state index is 11.9. The van der Waals surface area contributed by atoms with Crippen molar-refractivity contribution in [3.63, 3.8) is 0 Å². The number of anilines is 1. The Hall–Kier alpha value is -1.77. The Morgan fingerprint density at radius 3 is 2.80 bits per heavy atom. The van der Waals surface area contributed by atoms with Crippen molar-refractivity contribution in [2.24, 2.45) is 5.84 Å². The normalized spacial score (nSPS) is 11.2. The van der Waals surface area contributed by atoms with E-state index in [-0.39, 0.29) is 5.69 Å². The van der Waals surface area contributed by atoms with E-state index < -0.39 is 18.8 Å². The fourth-order valence-electron chi connectivity index (χ4n) is 0.865. The standard InChI is InChI=1S/C6H8F3N5O/c7-6(8,9)3-14-2-4(1-11-14)12-5(15)13-10/h1-2H,3,10H2,(H2,12,13,15). The van der Waals surface area contributed by atoms with Gasteiger partial charge in [0.15, 0.2) is 0 Å². The van der Waals surface area contributed by atoms with Crippen molar-refractivity contribution >= 4 is 11.7 Å². The molecule has 9 heteroatoms. The van der Waals surface area contributed by atoms with Gasteiger partial charge in [-0.05, 0) is 0 Å². The zero-order chi connectivity index (χ0) is 11.5. The van der Waals surface area contributed by atoms with Gasteiger partial charge in [0.05, 0.1) is 11.9 Å². The highest BCUT2D eigenvalue weighted by molar-refractivity contribution is 5.88. The molecule has 15 heavy (non-hydrogen) atoms. The maximum atomic E-state index is 11.9. The van der Waals surface area contributed by atoms with Crippen LogP contribution in [0.1, 0.15) is 0 Å². The average Bonchev–Trinajstić information content (AvgIpc) is 2.49. The summed E-state index contributed by atoms with van der Waals surface area (Å²) in [4.78, 5) is 10.7. The van der Waals surface area contributed by atoms with Gasteiger partial charge in [0, 0.05) is 6.20 Å². The molecule has 0 atom stereocenters. The summed E-state index contributed by atoms with van der Waals surface area (Å²) in [6, 6.07) is -0.735. The number of nitrogens with two attached hydrogens (primary N) is 1. The summed E-state index contributed by atoms with van der Waals surface area (Å²) in [6.07, 6.45) is -2.22. The second-order valence-corrected chi connectivity index (χ2v) is 2.64. The van der Waals surface area contributed by atoms with Gasteiger partial charge >= 0.3 is 12.2 Å². The molecule has 0 aliphatic heterocycles. The van der Waals surface area contributed by atoms with Crippen LogP contribution in [-0.4, -0.2) is 22.0 Å². The van der Waals surface area contributed by atoms with E-state index in [4.69, 9.17) is 5.84 Å². The highest BCUT2D eigenvalue weighted by Gasteiger charge is 2.28. The van der Waals surface area contributed by atoms with Gasteiger partial charge in [0.25, 0.3) is 0 Å². The van der Waals surface area contributed by atoms with E-state index in [1.165, 1.54) is 0 Å². The van der Waals surface area contributed by atoms with Gasteiger partial charge in [-0.2, -0.15) is 18.3 Å². The number of amides is 2. The van der Waals surface area contributed by atoms with Crippen LogP contribution in [0, 0.1) is 0 Å². The molecule has 0 saturated heterocycles. The second-order valence-electron chi connectivity index (χ2n) is 2.64. The Labute approximate surface area is 82.2 Å². The van der Waals surface area contributed by atoms with Crippen molar-refractivity contribution in [1.29, 1.82) is 0 Å². The average molecular weight is 223 g/mol. The Kier molecular flexibility index (Phi) is 3.14. The van der Waals surface area contributed by atoms with Gasteiger partial charge in [-0.25, -0.2) is 10.6 Å². The van der Waals surface area contributed by atoms with E-state index in [9.17, 15) is 18.0 Å². The zero-order valence-electron chi connectivity index (χ0n) is 7.38. The van der Waals surface area contributed by atoms with Crippen LogP contribution in [0.5, 0.6) is 0 Å². The van der Waals surface area contributed by atoms with Crippen molar-refractivity contribution in [3.8, 4) is 0 Å². The lowest BCUT2D eigenvalue weighted by atomic mass is 10.5. The third-order valence-corrected chi connectivity index (χ3v) is 1.36. The number of nitrogens with zero attached hydrogens (tertiary/aromatic N) is 2. The van der Waals surface area contributed by atoms with Crippen molar-refractivity contribution in [3.05, 3.63) is 12.4 Å². The fourth-order valence-corrected chi connectivity index (χ4v) is 0.865. The molecule has 0 saturated carbocycles. The molecule has 0 fully saturated rings. The number of alkyl halides is 3. The SMILES string of the molecule is NNC(=O)Nc1cnn(CC(F)(F)F)c1. The van der Waals surface area contributed by atoms with E-state index in [2.05, 4.69) is 10.4 Å². The molecule has 1 heterocycles. The molecule has 0 spiro atoms. The first kappa shape index (κ1) is 11.3. The topological polar surface area (TPSA) is 85.0 Å². The predicted molar refractivity (Wildman–Crippen MR) is 44.6 cm³/mol. The van der Waals surface area contributed by atoms with Crippen LogP contribution < -0.4 is 16.6 Å². The number of hydrogen-bond acceptors (Lipinski definition) is 3. The Morgan fingerprint density at radius 2 is 2.27 bits per heavy atom. The molecule has 1 rings (SSSR count). The highest BCUT2D eigenvalue weighted by atomic mass is 19.4. The summed E-state index contributed by atoms with van der Waals surface area (Å²) < 4.78 is 36.4. The first-order valence-electron chi connectivity index (χ1n) is 3.77. The minimum Gasteiger partial charge on any atom is -0.304 e. The molecule has 84 valence electrons. The van der Waals surface area contributed by atoms with Crippen LogP contribution in [0.15, 0.2) is 12.4 Å². The van der Waals surface area contributed by atoms with Crippen LogP contribution in [0.25, 0.3) is 0 Å². The summed E-state index contributed by atoms with van der Waals surface area (Å²) in [5, 5.41) is 5.57. The number of carbonyl (C=O) groups excluding carboxylic acids is 1. The van der Waals surface area contributed by atoms with Gasteiger partial charge in [-0.1, -0.05) is 0 Å². The largest absolute Gasteiger partial charge is 0.408 e. The first-order chi connectivity index (χ1) is 6.90. The van der Waals surface area contributed by atoms with Gasteiger partial charge < -0.3 is 5.32 Å². The minimum absolute atomic E-state index is 0.127. The van der Waals surface area contributed by atoms with Crippen LogP contribution in [-0.2, 0) is 6.54 Å². The number of nitrogens with one attached hydrogen (secondary N) is 2. The molecule has 0 aliphatic carbocycles. The smallest absolute Gasteiger partial charge is 0.304 e. The van der Waals surface area contributed by atoms with E-state index in [0.29, 0.717) is 4.68 Å². The molecular weight excluding hydrogens is 215 g/mol.